The monoisotopic (exact) mass is 377 g/mol. The zero-order valence-electron chi connectivity index (χ0n) is 14.7. The fourth-order valence-electron chi connectivity index (χ4n) is 2.80. The van der Waals surface area contributed by atoms with E-state index in [-0.39, 0.29) is 5.91 Å². The van der Waals surface area contributed by atoms with Crippen LogP contribution < -0.4 is 5.32 Å². The van der Waals surface area contributed by atoms with Gasteiger partial charge in [-0.1, -0.05) is 12.1 Å². The van der Waals surface area contributed by atoms with Crippen molar-refractivity contribution >= 4 is 33.3 Å². The molecular weight excluding hydrogens is 358 g/mol. The fraction of sp³-hybridized carbons (Fsp3) is 0.200. The quantitative estimate of drug-likeness (QED) is 0.533. The Morgan fingerprint density at radius 3 is 2.78 bits per heavy atom. The van der Waals surface area contributed by atoms with Crippen LogP contribution in [0.3, 0.4) is 0 Å². The molecule has 3 aromatic heterocycles. The number of nitrogens with zero attached hydrogens (tertiary/aromatic N) is 4. The van der Waals surface area contributed by atoms with E-state index >= 15 is 0 Å². The minimum absolute atomic E-state index is 0.0476. The highest BCUT2D eigenvalue weighted by Gasteiger charge is 2.09. The molecular formula is C20H19N5OS. The van der Waals surface area contributed by atoms with Crippen LogP contribution in [0.5, 0.6) is 0 Å². The number of carbonyl (C=O) groups excluding carboxylic acids is 1. The highest BCUT2D eigenvalue weighted by molar-refractivity contribution is 7.18. The minimum Gasteiger partial charge on any atom is -0.309 e. The highest BCUT2D eigenvalue weighted by atomic mass is 32.1. The van der Waals surface area contributed by atoms with Gasteiger partial charge in [-0.05, 0) is 36.2 Å². The SMILES string of the molecule is O=C(CCc1nc2ccccc2s1)Nc1ccn(CCc2ccncc2)n1. The Hall–Kier alpha value is -3.06. The van der Waals surface area contributed by atoms with Crippen molar-refractivity contribution in [3.8, 4) is 0 Å². The van der Waals surface area contributed by atoms with Crippen LogP contribution >= 0.6 is 11.3 Å². The van der Waals surface area contributed by atoms with Crippen molar-refractivity contribution in [2.45, 2.75) is 25.8 Å². The van der Waals surface area contributed by atoms with E-state index in [1.807, 2.05) is 47.3 Å². The molecule has 0 bridgehead atoms. The van der Waals surface area contributed by atoms with E-state index in [1.54, 1.807) is 23.7 Å². The molecule has 1 N–H and O–H groups in total. The number of rotatable bonds is 7. The third-order valence-electron chi connectivity index (χ3n) is 4.19. The molecule has 0 unspecified atom stereocenters. The molecule has 0 radical (unpaired) electrons. The van der Waals surface area contributed by atoms with Gasteiger partial charge in [0.2, 0.25) is 5.91 Å². The minimum atomic E-state index is -0.0476. The molecule has 0 aliphatic carbocycles. The molecule has 0 spiro atoms. The highest BCUT2D eigenvalue weighted by Crippen LogP contribution is 2.22. The van der Waals surface area contributed by atoms with Crippen LogP contribution in [0.1, 0.15) is 17.0 Å². The number of carbonyl (C=O) groups is 1. The smallest absolute Gasteiger partial charge is 0.225 e. The van der Waals surface area contributed by atoms with Gasteiger partial charge in [-0.15, -0.1) is 11.3 Å². The van der Waals surface area contributed by atoms with E-state index in [2.05, 4.69) is 26.4 Å². The van der Waals surface area contributed by atoms with Crippen LogP contribution in [-0.2, 0) is 24.2 Å². The van der Waals surface area contributed by atoms with Crippen molar-refractivity contribution in [1.29, 1.82) is 0 Å². The van der Waals surface area contributed by atoms with Gasteiger partial charge in [-0.25, -0.2) is 4.98 Å². The summed E-state index contributed by atoms with van der Waals surface area (Å²) < 4.78 is 2.99. The topological polar surface area (TPSA) is 72.7 Å². The molecule has 4 rings (SSSR count). The second-order valence-electron chi connectivity index (χ2n) is 6.19. The number of pyridine rings is 1. The molecule has 1 amide bonds. The molecule has 0 aliphatic rings. The summed E-state index contributed by atoms with van der Waals surface area (Å²) in [6.45, 7) is 0.756. The summed E-state index contributed by atoms with van der Waals surface area (Å²) in [6.07, 6.45) is 7.35. The molecule has 4 aromatic rings. The Balaban J connectivity index is 1.27. The Bertz CT molecular complexity index is 1010. The number of thiazole rings is 1. The van der Waals surface area contributed by atoms with E-state index in [0.29, 0.717) is 18.7 Å². The number of fused-ring (bicyclic) bond motifs is 1. The number of aromatic nitrogens is 4. The zero-order valence-corrected chi connectivity index (χ0v) is 15.5. The molecule has 136 valence electrons. The van der Waals surface area contributed by atoms with Gasteiger partial charge < -0.3 is 5.32 Å². The molecule has 0 aliphatic heterocycles. The number of benzene rings is 1. The van der Waals surface area contributed by atoms with Gasteiger partial charge >= 0.3 is 0 Å². The molecule has 0 atom stereocenters. The van der Waals surface area contributed by atoms with E-state index in [4.69, 9.17) is 0 Å². The molecule has 7 heteroatoms. The van der Waals surface area contributed by atoms with Crippen molar-refractivity contribution < 1.29 is 4.79 Å². The number of anilines is 1. The van der Waals surface area contributed by atoms with Crippen molar-refractivity contribution in [2.24, 2.45) is 0 Å². The fourth-order valence-corrected chi connectivity index (χ4v) is 3.77. The number of amides is 1. The molecule has 3 heterocycles. The van der Waals surface area contributed by atoms with Gasteiger partial charge in [0.1, 0.15) is 0 Å². The van der Waals surface area contributed by atoms with Crippen molar-refractivity contribution in [2.75, 3.05) is 5.32 Å². The van der Waals surface area contributed by atoms with Gasteiger partial charge in [0.05, 0.1) is 15.2 Å². The normalized spacial score (nSPS) is 11.0. The van der Waals surface area contributed by atoms with E-state index < -0.39 is 0 Å². The van der Waals surface area contributed by atoms with E-state index in [9.17, 15) is 4.79 Å². The number of hydrogen-bond acceptors (Lipinski definition) is 5. The average molecular weight is 377 g/mol. The molecule has 1 aromatic carbocycles. The molecule has 6 nitrogen and oxygen atoms in total. The zero-order chi connectivity index (χ0) is 18.5. The molecule has 0 saturated carbocycles. The van der Waals surface area contributed by atoms with Crippen LogP contribution in [0.2, 0.25) is 0 Å². The lowest BCUT2D eigenvalue weighted by Crippen LogP contribution is -2.13. The predicted molar refractivity (Wildman–Crippen MR) is 107 cm³/mol. The van der Waals surface area contributed by atoms with Gasteiger partial charge in [0, 0.05) is 44.0 Å². The van der Waals surface area contributed by atoms with Crippen LogP contribution in [0.25, 0.3) is 10.2 Å². The average Bonchev–Trinajstić information content (AvgIpc) is 3.32. The first kappa shape index (κ1) is 17.4. The Kier molecular flexibility index (Phi) is 5.20. The van der Waals surface area contributed by atoms with Gasteiger partial charge in [-0.3, -0.25) is 14.5 Å². The van der Waals surface area contributed by atoms with Crippen molar-refractivity contribution in [3.05, 3.63) is 71.6 Å². The maximum Gasteiger partial charge on any atom is 0.225 e. The van der Waals surface area contributed by atoms with Crippen molar-refractivity contribution in [1.82, 2.24) is 19.7 Å². The first-order valence-corrected chi connectivity index (χ1v) is 9.64. The second kappa shape index (κ2) is 8.09. The third kappa shape index (κ3) is 4.57. The van der Waals surface area contributed by atoms with Crippen LogP contribution in [-0.4, -0.2) is 25.7 Å². The van der Waals surface area contributed by atoms with E-state index in [0.717, 1.165) is 28.2 Å². The third-order valence-corrected chi connectivity index (χ3v) is 5.29. The maximum atomic E-state index is 12.2. The molecule has 0 fully saturated rings. The number of para-hydroxylation sites is 1. The summed E-state index contributed by atoms with van der Waals surface area (Å²) in [4.78, 5) is 20.8. The van der Waals surface area contributed by atoms with Gasteiger partial charge in [0.25, 0.3) is 0 Å². The predicted octanol–water partition coefficient (Wildman–Crippen LogP) is 3.70. The standard InChI is InChI=1S/C20H19N5OS/c26-19(5-6-20-22-16-3-1-2-4-17(16)27-20)23-18-10-14-25(24-18)13-9-15-7-11-21-12-8-15/h1-4,7-8,10-12,14H,5-6,9,13H2,(H,23,24,26). The Labute approximate surface area is 160 Å². The summed E-state index contributed by atoms with van der Waals surface area (Å²) in [7, 11) is 0. The summed E-state index contributed by atoms with van der Waals surface area (Å²) in [5, 5.41) is 8.25. The first-order chi connectivity index (χ1) is 13.3. The first-order valence-electron chi connectivity index (χ1n) is 8.83. The maximum absolute atomic E-state index is 12.2. The lowest BCUT2D eigenvalue weighted by Gasteiger charge is -2.03. The molecule has 0 saturated heterocycles. The lowest BCUT2D eigenvalue weighted by atomic mass is 10.2. The number of nitrogens with one attached hydrogen (secondary N) is 1. The van der Waals surface area contributed by atoms with Crippen LogP contribution in [0, 0.1) is 0 Å². The van der Waals surface area contributed by atoms with Gasteiger partial charge in [-0.2, -0.15) is 5.10 Å². The number of aryl methyl sites for hydroxylation is 3. The lowest BCUT2D eigenvalue weighted by molar-refractivity contribution is -0.116. The van der Waals surface area contributed by atoms with Gasteiger partial charge in [0.15, 0.2) is 5.82 Å². The second-order valence-corrected chi connectivity index (χ2v) is 7.31. The number of hydrogen-bond donors (Lipinski definition) is 1. The Morgan fingerprint density at radius 1 is 1.07 bits per heavy atom. The van der Waals surface area contributed by atoms with Crippen LogP contribution in [0.4, 0.5) is 5.82 Å². The largest absolute Gasteiger partial charge is 0.309 e. The van der Waals surface area contributed by atoms with E-state index in [1.165, 1.54) is 5.56 Å². The summed E-state index contributed by atoms with van der Waals surface area (Å²) in [6, 6.07) is 13.8. The molecule has 27 heavy (non-hydrogen) atoms. The van der Waals surface area contributed by atoms with Crippen LogP contribution in [0.15, 0.2) is 61.1 Å². The summed E-state index contributed by atoms with van der Waals surface area (Å²) in [5.74, 6) is 0.535. The summed E-state index contributed by atoms with van der Waals surface area (Å²) >= 11 is 1.64. The summed E-state index contributed by atoms with van der Waals surface area (Å²) in [5.41, 5.74) is 2.20. The Morgan fingerprint density at radius 2 is 1.93 bits per heavy atom. The van der Waals surface area contributed by atoms with Crippen molar-refractivity contribution in [3.63, 3.8) is 0 Å².